The van der Waals surface area contributed by atoms with E-state index >= 15 is 0 Å². The van der Waals surface area contributed by atoms with Crippen LogP contribution in [0.2, 0.25) is 0 Å². The summed E-state index contributed by atoms with van der Waals surface area (Å²) < 4.78 is 5.17. The maximum Gasteiger partial charge on any atom is 0.306 e. The first-order chi connectivity index (χ1) is 10.0. The van der Waals surface area contributed by atoms with Crippen LogP contribution in [0.15, 0.2) is 24.3 Å². The molecule has 0 spiro atoms. The summed E-state index contributed by atoms with van der Waals surface area (Å²) in [5.41, 5.74) is 0.791. The molecule has 1 aromatic rings. The van der Waals surface area contributed by atoms with Crippen LogP contribution in [0.5, 0.6) is 5.75 Å². The van der Waals surface area contributed by atoms with E-state index in [0.717, 1.165) is 5.69 Å². The van der Waals surface area contributed by atoms with Gasteiger partial charge in [-0.2, -0.15) is 0 Å². The Hall–Kier alpha value is -2.04. The van der Waals surface area contributed by atoms with E-state index in [1.165, 1.54) is 0 Å². The monoisotopic (exact) mass is 291 g/mol. The van der Waals surface area contributed by atoms with E-state index in [2.05, 4.69) is 0 Å². The van der Waals surface area contributed by atoms with Crippen molar-refractivity contribution < 1.29 is 19.4 Å². The second-order valence-electron chi connectivity index (χ2n) is 5.49. The van der Waals surface area contributed by atoms with Crippen molar-refractivity contribution in [1.29, 1.82) is 0 Å². The normalized spacial score (nSPS) is 21.6. The molecule has 5 nitrogen and oxygen atoms in total. The molecular weight excluding hydrogens is 270 g/mol. The first-order valence-electron chi connectivity index (χ1n) is 7.17. The van der Waals surface area contributed by atoms with E-state index < -0.39 is 5.97 Å². The van der Waals surface area contributed by atoms with Crippen molar-refractivity contribution in [2.75, 3.05) is 19.1 Å². The van der Waals surface area contributed by atoms with Crippen molar-refractivity contribution in [2.24, 2.45) is 11.8 Å². The third-order valence-corrected chi connectivity index (χ3v) is 4.20. The lowest BCUT2D eigenvalue weighted by molar-refractivity contribution is -0.143. The summed E-state index contributed by atoms with van der Waals surface area (Å²) in [5, 5.41) is 9.00. The average Bonchev–Trinajstić information content (AvgIpc) is 2.53. The van der Waals surface area contributed by atoms with Crippen molar-refractivity contribution in [3.05, 3.63) is 24.3 Å². The van der Waals surface area contributed by atoms with Gasteiger partial charge in [-0.3, -0.25) is 9.59 Å². The Kier molecular flexibility index (Phi) is 4.83. The minimum absolute atomic E-state index is 0.0482. The minimum atomic E-state index is -0.748. The van der Waals surface area contributed by atoms with Gasteiger partial charge < -0.3 is 14.7 Å². The summed E-state index contributed by atoms with van der Waals surface area (Å²) in [6, 6.07) is 7.36. The zero-order valence-corrected chi connectivity index (χ0v) is 12.4. The number of hydrogen-bond donors (Lipinski definition) is 1. The van der Waals surface area contributed by atoms with E-state index in [0.29, 0.717) is 31.4 Å². The molecule has 0 radical (unpaired) electrons. The van der Waals surface area contributed by atoms with Crippen LogP contribution in [0.25, 0.3) is 0 Å². The largest absolute Gasteiger partial charge is 0.497 e. The van der Waals surface area contributed by atoms with Gasteiger partial charge in [0.2, 0.25) is 5.91 Å². The fraction of sp³-hybridized carbons (Fsp3) is 0.500. The molecule has 2 rings (SSSR count). The van der Waals surface area contributed by atoms with Crippen LogP contribution < -0.4 is 9.64 Å². The van der Waals surface area contributed by atoms with E-state index in [4.69, 9.17) is 9.84 Å². The van der Waals surface area contributed by atoms with Crippen molar-refractivity contribution in [2.45, 2.75) is 25.7 Å². The van der Waals surface area contributed by atoms with Crippen molar-refractivity contribution in [1.82, 2.24) is 0 Å². The minimum Gasteiger partial charge on any atom is -0.497 e. The highest BCUT2D eigenvalue weighted by molar-refractivity contribution is 5.94. The van der Waals surface area contributed by atoms with Gasteiger partial charge in [0.15, 0.2) is 0 Å². The van der Waals surface area contributed by atoms with Crippen LogP contribution in [0.4, 0.5) is 5.69 Å². The third kappa shape index (κ3) is 3.54. The highest BCUT2D eigenvalue weighted by Gasteiger charge is 2.31. The predicted molar refractivity (Wildman–Crippen MR) is 79.5 cm³/mol. The second kappa shape index (κ2) is 6.61. The number of amides is 1. The fourth-order valence-electron chi connectivity index (χ4n) is 2.81. The van der Waals surface area contributed by atoms with Gasteiger partial charge in [-0.25, -0.2) is 0 Å². The van der Waals surface area contributed by atoms with Gasteiger partial charge in [0.1, 0.15) is 5.75 Å². The molecule has 0 unspecified atom stereocenters. The number of ether oxygens (including phenoxy) is 1. The summed E-state index contributed by atoms with van der Waals surface area (Å²) in [4.78, 5) is 25.1. The van der Waals surface area contributed by atoms with Crippen molar-refractivity contribution >= 4 is 17.6 Å². The van der Waals surface area contributed by atoms with Crippen LogP contribution in [0, 0.1) is 11.8 Å². The Bertz CT molecular complexity index is 521. The van der Waals surface area contributed by atoms with Gasteiger partial charge in [0.05, 0.1) is 13.0 Å². The zero-order chi connectivity index (χ0) is 15.4. The molecule has 1 fully saturated rings. The molecule has 1 N–H and O–H groups in total. The number of carboxylic acid groups (broad SMARTS) is 1. The number of carboxylic acids is 1. The molecule has 0 bridgehead atoms. The van der Waals surface area contributed by atoms with Crippen LogP contribution in [0.3, 0.4) is 0 Å². The molecule has 21 heavy (non-hydrogen) atoms. The van der Waals surface area contributed by atoms with Crippen molar-refractivity contribution in [3.8, 4) is 5.75 Å². The van der Waals surface area contributed by atoms with Gasteiger partial charge in [-0.15, -0.1) is 0 Å². The molecule has 1 aliphatic rings. The molecule has 1 saturated carbocycles. The lowest BCUT2D eigenvalue weighted by Gasteiger charge is -2.29. The number of benzene rings is 1. The van der Waals surface area contributed by atoms with Crippen LogP contribution in [0.1, 0.15) is 25.7 Å². The quantitative estimate of drug-likeness (QED) is 0.925. The number of carbonyl (C=O) groups is 2. The predicted octanol–water partition coefficient (Wildman–Crippen LogP) is 2.55. The number of anilines is 1. The van der Waals surface area contributed by atoms with Crippen LogP contribution >= 0.6 is 0 Å². The molecule has 5 heteroatoms. The third-order valence-electron chi connectivity index (χ3n) is 4.20. The number of nitrogens with zero attached hydrogens (tertiary/aromatic N) is 1. The van der Waals surface area contributed by atoms with E-state index in [1.807, 2.05) is 24.3 Å². The number of hydrogen-bond acceptors (Lipinski definition) is 3. The maximum absolute atomic E-state index is 12.5. The van der Waals surface area contributed by atoms with Crippen LogP contribution in [-0.4, -0.2) is 31.1 Å². The Morgan fingerprint density at radius 3 is 2.38 bits per heavy atom. The Balaban J connectivity index is 2.01. The molecule has 0 heterocycles. The maximum atomic E-state index is 12.5. The van der Waals surface area contributed by atoms with Crippen LogP contribution in [-0.2, 0) is 9.59 Å². The molecule has 0 aromatic heterocycles. The molecule has 0 saturated heterocycles. The standard InChI is InChI=1S/C16H21NO4/c1-17(13-4-3-5-14(10-13)21-2)15(18)11-6-8-12(9-7-11)16(19)20/h3-5,10-12H,6-9H2,1-2H3,(H,19,20). The van der Waals surface area contributed by atoms with E-state index in [9.17, 15) is 9.59 Å². The number of rotatable bonds is 4. The Morgan fingerprint density at radius 1 is 1.19 bits per heavy atom. The first-order valence-corrected chi connectivity index (χ1v) is 7.17. The number of aliphatic carboxylic acids is 1. The smallest absolute Gasteiger partial charge is 0.306 e. The van der Waals surface area contributed by atoms with Gasteiger partial charge in [0.25, 0.3) is 0 Å². The molecule has 1 aromatic carbocycles. The highest BCUT2D eigenvalue weighted by Crippen LogP contribution is 2.31. The van der Waals surface area contributed by atoms with Gasteiger partial charge in [-0.05, 0) is 37.8 Å². The van der Waals surface area contributed by atoms with Gasteiger partial charge in [0, 0.05) is 24.7 Å². The Morgan fingerprint density at radius 2 is 1.81 bits per heavy atom. The average molecular weight is 291 g/mol. The molecule has 1 amide bonds. The molecular formula is C16H21NO4. The summed E-state index contributed by atoms with van der Waals surface area (Å²) >= 11 is 0. The van der Waals surface area contributed by atoms with Gasteiger partial charge in [-0.1, -0.05) is 6.07 Å². The molecule has 114 valence electrons. The van der Waals surface area contributed by atoms with Gasteiger partial charge >= 0.3 is 5.97 Å². The first kappa shape index (κ1) is 15.4. The van der Waals surface area contributed by atoms with Crippen molar-refractivity contribution in [3.63, 3.8) is 0 Å². The summed E-state index contributed by atoms with van der Waals surface area (Å²) in [6.07, 6.45) is 2.45. The highest BCUT2D eigenvalue weighted by atomic mass is 16.5. The lowest BCUT2D eigenvalue weighted by atomic mass is 9.81. The molecule has 1 aliphatic carbocycles. The van der Waals surface area contributed by atoms with E-state index in [-0.39, 0.29) is 17.7 Å². The fourth-order valence-corrected chi connectivity index (χ4v) is 2.81. The SMILES string of the molecule is COc1cccc(N(C)C(=O)C2CCC(C(=O)O)CC2)c1. The second-order valence-corrected chi connectivity index (χ2v) is 5.49. The summed E-state index contributed by atoms with van der Waals surface area (Å²) in [6.45, 7) is 0. The number of carbonyl (C=O) groups excluding carboxylic acids is 1. The summed E-state index contributed by atoms with van der Waals surface area (Å²) in [7, 11) is 3.34. The van der Waals surface area contributed by atoms with E-state index in [1.54, 1.807) is 19.1 Å². The molecule has 0 aliphatic heterocycles. The summed E-state index contributed by atoms with van der Waals surface area (Å²) in [5.74, 6) is -0.371. The molecule has 0 atom stereocenters. The number of methoxy groups -OCH3 is 1. The lowest BCUT2D eigenvalue weighted by Crippen LogP contribution is -2.35. The Labute approximate surface area is 124 Å². The zero-order valence-electron chi connectivity index (χ0n) is 12.4. The topological polar surface area (TPSA) is 66.8 Å².